The van der Waals surface area contributed by atoms with Crippen LogP contribution in [0.2, 0.25) is 0 Å². The van der Waals surface area contributed by atoms with Crippen molar-refractivity contribution in [3.8, 4) is 0 Å². The number of thiophene rings is 1. The fraction of sp³-hybridized carbons (Fsp3) is 0.692. The molecule has 0 bridgehead atoms. The highest BCUT2D eigenvalue weighted by Crippen LogP contribution is 2.21. The van der Waals surface area contributed by atoms with Crippen molar-refractivity contribution >= 4 is 21.4 Å². The van der Waals surface area contributed by atoms with Crippen molar-refractivity contribution in [3.63, 3.8) is 0 Å². The monoisotopic (exact) mass is 317 g/mol. The van der Waals surface area contributed by atoms with Gasteiger partial charge in [-0.25, -0.2) is 13.1 Å². The smallest absolute Gasteiger partial charge is 0.250 e. The van der Waals surface area contributed by atoms with Gasteiger partial charge in [0.15, 0.2) is 0 Å². The van der Waals surface area contributed by atoms with E-state index in [2.05, 4.69) is 14.9 Å². The second kappa shape index (κ2) is 7.51. The average Bonchev–Trinajstić information content (AvgIpc) is 3.07. The van der Waals surface area contributed by atoms with Crippen molar-refractivity contribution in [1.82, 2.24) is 14.9 Å². The molecule has 2 rings (SSSR count). The molecule has 1 aliphatic rings. The molecule has 0 unspecified atom stereocenters. The SMILES string of the molecule is CCNCc1ccc(S(=O)(=O)NCCN2CCCC2)s1. The summed E-state index contributed by atoms with van der Waals surface area (Å²) in [5, 5.41) is 3.20. The lowest BCUT2D eigenvalue weighted by atomic mass is 10.4. The van der Waals surface area contributed by atoms with Crippen LogP contribution in [0.3, 0.4) is 0 Å². The van der Waals surface area contributed by atoms with E-state index < -0.39 is 10.0 Å². The highest BCUT2D eigenvalue weighted by molar-refractivity contribution is 7.91. The van der Waals surface area contributed by atoms with Gasteiger partial charge in [-0.3, -0.25) is 0 Å². The minimum Gasteiger partial charge on any atom is -0.312 e. The summed E-state index contributed by atoms with van der Waals surface area (Å²) in [6.07, 6.45) is 2.46. The molecular formula is C13H23N3O2S2. The summed E-state index contributed by atoms with van der Waals surface area (Å²) in [6, 6.07) is 3.57. The molecular weight excluding hydrogens is 294 g/mol. The number of sulfonamides is 1. The number of rotatable bonds is 8. The average molecular weight is 317 g/mol. The summed E-state index contributed by atoms with van der Waals surface area (Å²) < 4.78 is 27.4. The standard InChI is InChI=1S/C13H23N3O2S2/c1-2-14-11-12-5-6-13(19-12)20(17,18)15-7-10-16-8-3-4-9-16/h5-6,14-15H,2-4,7-11H2,1H3. The van der Waals surface area contributed by atoms with Gasteiger partial charge in [0.2, 0.25) is 10.0 Å². The van der Waals surface area contributed by atoms with Crippen molar-refractivity contribution in [3.05, 3.63) is 17.0 Å². The summed E-state index contributed by atoms with van der Waals surface area (Å²) in [7, 11) is -3.34. The maximum Gasteiger partial charge on any atom is 0.250 e. The van der Waals surface area contributed by atoms with Gasteiger partial charge in [0.25, 0.3) is 0 Å². The van der Waals surface area contributed by atoms with E-state index in [4.69, 9.17) is 0 Å². The third-order valence-electron chi connectivity index (χ3n) is 3.37. The third-order valence-corrected chi connectivity index (χ3v) is 6.41. The molecule has 0 radical (unpaired) electrons. The molecule has 0 aromatic carbocycles. The second-order valence-electron chi connectivity index (χ2n) is 4.95. The quantitative estimate of drug-likeness (QED) is 0.757. The zero-order chi connectivity index (χ0) is 14.4. The van der Waals surface area contributed by atoms with E-state index in [1.54, 1.807) is 6.07 Å². The Morgan fingerprint density at radius 3 is 2.75 bits per heavy atom. The Hall–Kier alpha value is -0.470. The Labute approximate surface area is 125 Å². The maximum atomic E-state index is 12.2. The molecule has 1 aromatic rings. The number of hydrogen-bond donors (Lipinski definition) is 2. The van der Waals surface area contributed by atoms with Gasteiger partial charge in [0.1, 0.15) is 4.21 Å². The van der Waals surface area contributed by atoms with E-state index in [9.17, 15) is 8.42 Å². The first-order chi connectivity index (χ1) is 9.62. The molecule has 2 heterocycles. The van der Waals surface area contributed by atoms with Crippen LogP contribution in [0.4, 0.5) is 0 Å². The molecule has 1 saturated heterocycles. The molecule has 5 nitrogen and oxygen atoms in total. The van der Waals surface area contributed by atoms with Crippen LogP contribution in [0.5, 0.6) is 0 Å². The first-order valence-corrected chi connectivity index (χ1v) is 9.43. The van der Waals surface area contributed by atoms with Gasteiger partial charge in [-0.1, -0.05) is 6.92 Å². The molecule has 0 saturated carbocycles. The van der Waals surface area contributed by atoms with Crippen LogP contribution in [0, 0.1) is 0 Å². The van der Waals surface area contributed by atoms with Gasteiger partial charge in [0.05, 0.1) is 0 Å². The third kappa shape index (κ3) is 4.53. The Balaban J connectivity index is 1.83. The molecule has 0 spiro atoms. The second-order valence-corrected chi connectivity index (χ2v) is 8.11. The van der Waals surface area contributed by atoms with Crippen LogP contribution >= 0.6 is 11.3 Å². The predicted octanol–water partition coefficient (Wildman–Crippen LogP) is 1.23. The zero-order valence-electron chi connectivity index (χ0n) is 11.9. The summed E-state index contributed by atoms with van der Waals surface area (Å²) in [5.41, 5.74) is 0. The zero-order valence-corrected chi connectivity index (χ0v) is 13.5. The predicted molar refractivity (Wildman–Crippen MR) is 82.6 cm³/mol. The molecule has 1 fully saturated rings. The van der Waals surface area contributed by atoms with Crippen molar-refractivity contribution in [1.29, 1.82) is 0 Å². The van der Waals surface area contributed by atoms with Crippen LogP contribution in [0.15, 0.2) is 16.3 Å². The maximum absolute atomic E-state index is 12.2. The van der Waals surface area contributed by atoms with Gasteiger partial charge in [-0.05, 0) is 44.6 Å². The van der Waals surface area contributed by atoms with E-state index in [1.807, 2.05) is 13.0 Å². The van der Waals surface area contributed by atoms with Crippen LogP contribution < -0.4 is 10.0 Å². The van der Waals surface area contributed by atoms with Gasteiger partial charge >= 0.3 is 0 Å². The lowest BCUT2D eigenvalue weighted by Gasteiger charge is -2.14. The molecule has 114 valence electrons. The number of nitrogens with zero attached hydrogens (tertiary/aromatic N) is 1. The fourth-order valence-corrected chi connectivity index (χ4v) is 4.65. The largest absolute Gasteiger partial charge is 0.312 e. The minimum atomic E-state index is -3.34. The van der Waals surface area contributed by atoms with Gasteiger partial charge < -0.3 is 10.2 Å². The van der Waals surface area contributed by atoms with Gasteiger partial charge in [-0.15, -0.1) is 11.3 Å². The first-order valence-electron chi connectivity index (χ1n) is 7.13. The molecule has 20 heavy (non-hydrogen) atoms. The number of nitrogens with one attached hydrogen (secondary N) is 2. The van der Waals surface area contributed by atoms with E-state index in [1.165, 1.54) is 24.2 Å². The van der Waals surface area contributed by atoms with Crippen LogP contribution in [0.1, 0.15) is 24.6 Å². The summed E-state index contributed by atoms with van der Waals surface area (Å²) in [5.74, 6) is 0. The van der Waals surface area contributed by atoms with Crippen molar-refractivity contribution < 1.29 is 8.42 Å². The summed E-state index contributed by atoms with van der Waals surface area (Å²) in [6.45, 7) is 7.11. The van der Waals surface area contributed by atoms with Crippen LogP contribution in [-0.4, -0.2) is 46.0 Å². The molecule has 0 amide bonds. The minimum absolute atomic E-state index is 0.409. The number of hydrogen-bond acceptors (Lipinski definition) is 5. The molecule has 7 heteroatoms. The summed E-state index contributed by atoms with van der Waals surface area (Å²) >= 11 is 1.34. The van der Waals surface area contributed by atoms with Gasteiger partial charge in [0, 0.05) is 24.5 Å². The normalized spacial score (nSPS) is 16.9. The molecule has 0 atom stereocenters. The van der Waals surface area contributed by atoms with Crippen LogP contribution in [0.25, 0.3) is 0 Å². The molecule has 0 aliphatic carbocycles. The molecule has 2 N–H and O–H groups in total. The first kappa shape index (κ1) is 15.9. The summed E-state index contributed by atoms with van der Waals surface area (Å²) in [4.78, 5) is 3.35. The highest BCUT2D eigenvalue weighted by atomic mass is 32.2. The molecule has 1 aromatic heterocycles. The Bertz CT molecular complexity index is 507. The number of likely N-dealkylation sites (tertiary alicyclic amines) is 1. The fourth-order valence-electron chi connectivity index (χ4n) is 2.26. The van der Waals surface area contributed by atoms with Gasteiger partial charge in [-0.2, -0.15) is 0 Å². The van der Waals surface area contributed by atoms with E-state index >= 15 is 0 Å². The lowest BCUT2D eigenvalue weighted by Crippen LogP contribution is -2.33. The van der Waals surface area contributed by atoms with Crippen LogP contribution in [-0.2, 0) is 16.6 Å². The lowest BCUT2D eigenvalue weighted by molar-refractivity contribution is 0.344. The van der Waals surface area contributed by atoms with E-state index in [0.717, 1.165) is 37.6 Å². The topological polar surface area (TPSA) is 61.4 Å². The Kier molecular flexibility index (Phi) is 5.98. The van der Waals surface area contributed by atoms with Crippen molar-refractivity contribution in [2.75, 3.05) is 32.7 Å². The van der Waals surface area contributed by atoms with E-state index in [0.29, 0.717) is 10.8 Å². The molecule has 1 aliphatic heterocycles. The van der Waals surface area contributed by atoms with E-state index in [-0.39, 0.29) is 0 Å². The van der Waals surface area contributed by atoms with Crippen molar-refractivity contribution in [2.24, 2.45) is 0 Å². The highest BCUT2D eigenvalue weighted by Gasteiger charge is 2.17. The van der Waals surface area contributed by atoms with Crippen molar-refractivity contribution in [2.45, 2.75) is 30.5 Å². The Morgan fingerprint density at radius 2 is 2.05 bits per heavy atom. The Morgan fingerprint density at radius 1 is 1.30 bits per heavy atom.